The number of nitro benzene ring substituents is 1. The van der Waals surface area contributed by atoms with E-state index in [1.807, 2.05) is 0 Å². The molecule has 0 aliphatic carbocycles. The molecule has 0 amide bonds. The van der Waals surface area contributed by atoms with Crippen LogP contribution in [0.4, 0.5) is 5.69 Å². The number of non-ortho nitro benzene ring substituents is 1. The van der Waals surface area contributed by atoms with E-state index in [9.17, 15) is 10.1 Å². The van der Waals surface area contributed by atoms with E-state index in [1.54, 1.807) is 12.1 Å². The summed E-state index contributed by atoms with van der Waals surface area (Å²) in [6.45, 7) is 0. The summed E-state index contributed by atoms with van der Waals surface area (Å²) < 4.78 is 0. The van der Waals surface area contributed by atoms with Crippen LogP contribution in [-0.2, 0) is 5.33 Å². The standard InChI is InChI=1S/C7H5BrNO2/c8-5-6-1-3-7(4-2-6)9(10)11/h1-3H,5H2. The highest BCUT2D eigenvalue weighted by Crippen LogP contribution is 2.12. The molecule has 0 spiro atoms. The monoisotopic (exact) mass is 214 g/mol. The van der Waals surface area contributed by atoms with Crippen molar-refractivity contribution in [3.05, 3.63) is 39.9 Å². The maximum absolute atomic E-state index is 10.2. The van der Waals surface area contributed by atoms with Crippen LogP contribution in [0.5, 0.6) is 0 Å². The minimum atomic E-state index is -0.460. The smallest absolute Gasteiger partial charge is 0.258 e. The molecule has 4 heteroatoms. The minimum absolute atomic E-state index is 0.00898. The number of nitrogens with zero attached hydrogens (tertiary/aromatic N) is 1. The van der Waals surface area contributed by atoms with Crippen molar-refractivity contribution in [2.24, 2.45) is 0 Å². The Hall–Kier alpha value is -0.900. The summed E-state index contributed by atoms with van der Waals surface area (Å²) in [5.74, 6) is 0. The maximum atomic E-state index is 10.2. The van der Waals surface area contributed by atoms with Crippen molar-refractivity contribution in [2.45, 2.75) is 5.33 Å². The van der Waals surface area contributed by atoms with Crippen LogP contribution in [0.1, 0.15) is 5.56 Å². The molecule has 1 aromatic carbocycles. The van der Waals surface area contributed by atoms with E-state index >= 15 is 0 Å². The zero-order valence-electron chi connectivity index (χ0n) is 5.58. The van der Waals surface area contributed by atoms with Gasteiger partial charge in [-0.05, 0) is 11.6 Å². The summed E-state index contributed by atoms with van der Waals surface area (Å²) in [6.07, 6.45) is 0. The van der Waals surface area contributed by atoms with E-state index in [-0.39, 0.29) is 5.69 Å². The molecule has 3 nitrogen and oxygen atoms in total. The normalized spacial score (nSPS) is 9.55. The van der Waals surface area contributed by atoms with Crippen LogP contribution in [0, 0.1) is 16.2 Å². The lowest BCUT2D eigenvalue weighted by molar-refractivity contribution is -0.385. The summed E-state index contributed by atoms with van der Waals surface area (Å²) in [4.78, 5) is 9.70. The van der Waals surface area contributed by atoms with E-state index in [2.05, 4.69) is 22.0 Å². The predicted octanol–water partition coefficient (Wildman–Crippen LogP) is 2.29. The molecule has 1 rings (SSSR count). The van der Waals surface area contributed by atoms with Gasteiger partial charge in [-0.3, -0.25) is 10.1 Å². The van der Waals surface area contributed by atoms with Gasteiger partial charge in [0.05, 0.1) is 11.0 Å². The summed E-state index contributed by atoms with van der Waals surface area (Å²) in [6, 6.07) is 7.30. The van der Waals surface area contributed by atoms with Crippen LogP contribution in [0.25, 0.3) is 0 Å². The first-order chi connectivity index (χ1) is 5.24. The zero-order valence-corrected chi connectivity index (χ0v) is 7.17. The SMILES string of the molecule is O=[N+]([O-])c1[c]cc(CBr)cc1. The number of halogens is 1. The van der Waals surface area contributed by atoms with E-state index in [1.165, 1.54) is 6.07 Å². The number of hydrogen-bond donors (Lipinski definition) is 0. The molecule has 0 saturated carbocycles. The second kappa shape index (κ2) is 3.48. The van der Waals surface area contributed by atoms with Crippen molar-refractivity contribution < 1.29 is 4.92 Å². The van der Waals surface area contributed by atoms with E-state index in [0.29, 0.717) is 5.33 Å². The van der Waals surface area contributed by atoms with Gasteiger partial charge in [0.15, 0.2) is 0 Å². The maximum Gasteiger partial charge on any atom is 0.277 e. The second-order valence-electron chi connectivity index (χ2n) is 1.97. The highest BCUT2D eigenvalue weighted by Gasteiger charge is 2.02. The van der Waals surface area contributed by atoms with E-state index in [4.69, 9.17) is 0 Å². The molecular formula is C7H5BrNO2. The van der Waals surface area contributed by atoms with E-state index < -0.39 is 4.92 Å². The fourth-order valence-corrected chi connectivity index (χ4v) is 0.994. The van der Waals surface area contributed by atoms with Gasteiger partial charge in [-0.15, -0.1) is 0 Å². The third kappa shape index (κ3) is 2.01. The van der Waals surface area contributed by atoms with Gasteiger partial charge in [-0.25, -0.2) is 0 Å². The number of benzene rings is 1. The third-order valence-electron chi connectivity index (χ3n) is 1.21. The van der Waals surface area contributed by atoms with Crippen LogP contribution in [0.2, 0.25) is 0 Å². The molecule has 1 aromatic rings. The summed E-state index contributed by atoms with van der Waals surface area (Å²) in [7, 11) is 0. The van der Waals surface area contributed by atoms with Crippen molar-refractivity contribution in [3.63, 3.8) is 0 Å². The first-order valence-corrected chi connectivity index (χ1v) is 4.07. The van der Waals surface area contributed by atoms with Gasteiger partial charge in [0, 0.05) is 11.4 Å². The lowest BCUT2D eigenvalue weighted by Crippen LogP contribution is -1.87. The Morgan fingerprint density at radius 1 is 1.64 bits per heavy atom. The Labute approximate surface area is 72.3 Å². The van der Waals surface area contributed by atoms with Crippen molar-refractivity contribution in [2.75, 3.05) is 0 Å². The molecule has 0 aliphatic rings. The fraction of sp³-hybridized carbons (Fsp3) is 0.143. The number of hydrogen-bond acceptors (Lipinski definition) is 2. The lowest BCUT2D eigenvalue weighted by atomic mass is 10.2. The molecule has 0 N–H and O–H groups in total. The number of alkyl halides is 1. The van der Waals surface area contributed by atoms with Crippen molar-refractivity contribution >= 4 is 21.6 Å². The third-order valence-corrected chi connectivity index (χ3v) is 1.86. The van der Waals surface area contributed by atoms with Crippen LogP contribution >= 0.6 is 15.9 Å². The molecule has 0 heterocycles. The highest BCUT2D eigenvalue weighted by atomic mass is 79.9. The Kier molecular flexibility index (Phi) is 2.59. The van der Waals surface area contributed by atoms with Gasteiger partial charge < -0.3 is 0 Å². The van der Waals surface area contributed by atoms with Gasteiger partial charge in [0.25, 0.3) is 5.69 Å². The zero-order chi connectivity index (χ0) is 8.27. The topological polar surface area (TPSA) is 43.1 Å². The lowest BCUT2D eigenvalue weighted by Gasteiger charge is -1.92. The molecule has 11 heavy (non-hydrogen) atoms. The largest absolute Gasteiger partial charge is 0.277 e. The van der Waals surface area contributed by atoms with Crippen LogP contribution in [0.3, 0.4) is 0 Å². The average Bonchev–Trinajstić information content (AvgIpc) is 2.05. The van der Waals surface area contributed by atoms with Crippen LogP contribution in [0.15, 0.2) is 18.2 Å². The van der Waals surface area contributed by atoms with Gasteiger partial charge in [0.1, 0.15) is 0 Å². The molecule has 0 unspecified atom stereocenters. The summed E-state index contributed by atoms with van der Waals surface area (Å²) in [5, 5.41) is 10.9. The Morgan fingerprint density at radius 2 is 2.36 bits per heavy atom. The van der Waals surface area contributed by atoms with Crippen LogP contribution in [-0.4, -0.2) is 4.92 Å². The Morgan fingerprint density at radius 3 is 2.73 bits per heavy atom. The second-order valence-corrected chi connectivity index (χ2v) is 2.53. The molecule has 0 aromatic heterocycles. The molecule has 0 saturated heterocycles. The molecule has 57 valence electrons. The fourth-order valence-electron chi connectivity index (χ4n) is 0.646. The average molecular weight is 215 g/mol. The first kappa shape index (κ1) is 8.20. The van der Waals surface area contributed by atoms with Gasteiger partial charge in [0.2, 0.25) is 0 Å². The highest BCUT2D eigenvalue weighted by molar-refractivity contribution is 9.08. The molecular weight excluding hydrogens is 210 g/mol. The Bertz CT molecular complexity index is 258. The minimum Gasteiger partial charge on any atom is -0.258 e. The molecule has 0 aliphatic heterocycles. The molecule has 0 atom stereocenters. The number of nitro groups is 1. The quantitative estimate of drug-likeness (QED) is 0.431. The van der Waals surface area contributed by atoms with Crippen molar-refractivity contribution in [1.29, 1.82) is 0 Å². The first-order valence-electron chi connectivity index (χ1n) is 2.95. The molecule has 0 bridgehead atoms. The predicted molar refractivity (Wildman–Crippen MR) is 44.6 cm³/mol. The van der Waals surface area contributed by atoms with E-state index in [0.717, 1.165) is 5.56 Å². The van der Waals surface area contributed by atoms with Gasteiger partial charge in [-0.1, -0.05) is 22.0 Å². The Balaban J connectivity index is 2.91. The molecule has 1 radical (unpaired) electrons. The van der Waals surface area contributed by atoms with Gasteiger partial charge in [-0.2, -0.15) is 0 Å². The van der Waals surface area contributed by atoms with Crippen molar-refractivity contribution in [3.8, 4) is 0 Å². The van der Waals surface area contributed by atoms with Gasteiger partial charge >= 0.3 is 0 Å². The molecule has 0 fully saturated rings. The summed E-state index contributed by atoms with van der Waals surface area (Å²) >= 11 is 3.23. The van der Waals surface area contributed by atoms with Crippen molar-refractivity contribution in [1.82, 2.24) is 0 Å². The van der Waals surface area contributed by atoms with Crippen LogP contribution < -0.4 is 0 Å². The summed E-state index contributed by atoms with van der Waals surface area (Å²) in [5.41, 5.74) is 0.991. The number of rotatable bonds is 2.